The van der Waals surface area contributed by atoms with Crippen LogP contribution in [0.15, 0.2) is 16.7 Å². The number of carbonyl (C=O) groups is 1. The van der Waals surface area contributed by atoms with Crippen LogP contribution in [-0.4, -0.2) is 33.2 Å². The van der Waals surface area contributed by atoms with Gasteiger partial charge in [-0.25, -0.2) is 0 Å². The number of aromatic nitrogens is 3. The lowest BCUT2D eigenvalue weighted by Gasteiger charge is -2.13. The number of H-pyrrole nitrogens is 1. The number of hydrogen-bond donors (Lipinski definition) is 1. The van der Waals surface area contributed by atoms with Crippen molar-refractivity contribution in [3.05, 3.63) is 35.0 Å². The fourth-order valence-electron chi connectivity index (χ4n) is 1.74. The zero-order valence-electron chi connectivity index (χ0n) is 11.6. The van der Waals surface area contributed by atoms with Gasteiger partial charge in [-0.1, -0.05) is 19.0 Å². The molecule has 2 aromatic rings. The predicted octanol–water partition coefficient (Wildman–Crippen LogP) is 2.10. The molecule has 2 rings (SSSR count). The molecule has 0 aliphatic heterocycles. The summed E-state index contributed by atoms with van der Waals surface area (Å²) in [5, 5.41) is 10.8. The number of carbonyl (C=O) groups excluding carboxylic acids is 1. The van der Waals surface area contributed by atoms with Gasteiger partial charge in [-0.3, -0.25) is 9.89 Å². The van der Waals surface area contributed by atoms with E-state index < -0.39 is 0 Å². The molecule has 2 heterocycles. The van der Waals surface area contributed by atoms with E-state index in [1.807, 2.05) is 26.8 Å². The van der Waals surface area contributed by atoms with Gasteiger partial charge in [-0.05, 0) is 18.9 Å². The summed E-state index contributed by atoms with van der Waals surface area (Å²) in [6.07, 6.45) is 0. The third-order valence-electron chi connectivity index (χ3n) is 2.86. The van der Waals surface area contributed by atoms with Crippen molar-refractivity contribution in [1.82, 2.24) is 20.3 Å². The van der Waals surface area contributed by atoms with Crippen LogP contribution in [0.1, 0.15) is 47.4 Å². The maximum Gasteiger partial charge on any atom is 0.274 e. The van der Waals surface area contributed by atoms with Crippen molar-refractivity contribution in [3.8, 4) is 0 Å². The van der Waals surface area contributed by atoms with Gasteiger partial charge in [0.05, 0.1) is 6.54 Å². The molecule has 0 saturated carbocycles. The summed E-state index contributed by atoms with van der Waals surface area (Å²) >= 11 is 0. The molecule has 1 amide bonds. The van der Waals surface area contributed by atoms with Gasteiger partial charge in [0.2, 0.25) is 0 Å². The molecule has 0 aliphatic carbocycles. The van der Waals surface area contributed by atoms with Crippen LogP contribution in [0.5, 0.6) is 0 Å². The lowest BCUT2D eigenvalue weighted by atomic mass is 10.1. The highest BCUT2D eigenvalue weighted by atomic mass is 16.5. The van der Waals surface area contributed by atoms with Gasteiger partial charge >= 0.3 is 0 Å². The summed E-state index contributed by atoms with van der Waals surface area (Å²) in [4.78, 5) is 13.7. The molecule has 6 heteroatoms. The number of aromatic amines is 1. The first kappa shape index (κ1) is 13.3. The van der Waals surface area contributed by atoms with Crippen LogP contribution in [0.3, 0.4) is 0 Å². The van der Waals surface area contributed by atoms with Crippen LogP contribution < -0.4 is 0 Å². The van der Waals surface area contributed by atoms with Crippen molar-refractivity contribution in [2.24, 2.45) is 0 Å². The van der Waals surface area contributed by atoms with Crippen LogP contribution in [0.2, 0.25) is 0 Å². The Bertz CT molecular complexity index is 571. The van der Waals surface area contributed by atoms with Gasteiger partial charge in [-0.15, -0.1) is 0 Å². The molecule has 2 aromatic heterocycles. The zero-order valence-corrected chi connectivity index (χ0v) is 11.6. The van der Waals surface area contributed by atoms with Gasteiger partial charge in [0.15, 0.2) is 0 Å². The third-order valence-corrected chi connectivity index (χ3v) is 2.86. The monoisotopic (exact) mass is 262 g/mol. The average Bonchev–Trinajstić information content (AvgIpc) is 2.97. The number of amides is 1. The van der Waals surface area contributed by atoms with Crippen LogP contribution >= 0.6 is 0 Å². The van der Waals surface area contributed by atoms with E-state index in [4.69, 9.17) is 4.52 Å². The lowest BCUT2D eigenvalue weighted by molar-refractivity contribution is 0.0776. The molecule has 0 aromatic carbocycles. The highest BCUT2D eigenvalue weighted by Crippen LogP contribution is 2.13. The summed E-state index contributed by atoms with van der Waals surface area (Å²) in [7, 11) is 1.72. The average molecular weight is 262 g/mol. The minimum absolute atomic E-state index is 0.135. The first-order chi connectivity index (χ1) is 8.97. The van der Waals surface area contributed by atoms with E-state index in [9.17, 15) is 4.79 Å². The Balaban J connectivity index is 2.05. The fraction of sp³-hybridized carbons (Fsp3) is 0.462. The highest BCUT2D eigenvalue weighted by Gasteiger charge is 2.17. The van der Waals surface area contributed by atoms with Gasteiger partial charge < -0.3 is 9.42 Å². The van der Waals surface area contributed by atoms with E-state index in [-0.39, 0.29) is 5.91 Å². The van der Waals surface area contributed by atoms with Crippen molar-refractivity contribution in [1.29, 1.82) is 0 Å². The number of nitrogens with one attached hydrogen (secondary N) is 1. The maximum atomic E-state index is 12.2. The van der Waals surface area contributed by atoms with E-state index in [1.165, 1.54) is 0 Å². The molecule has 0 unspecified atom stereocenters. The number of hydrogen-bond acceptors (Lipinski definition) is 4. The fourth-order valence-corrected chi connectivity index (χ4v) is 1.74. The molecule has 0 radical (unpaired) electrons. The van der Waals surface area contributed by atoms with Crippen molar-refractivity contribution >= 4 is 5.91 Å². The number of aryl methyl sites for hydroxylation is 1. The van der Waals surface area contributed by atoms with E-state index in [0.29, 0.717) is 18.2 Å². The molecule has 0 aliphatic rings. The molecule has 19 heavy (non-hydrogen) atoms. The summed E-state index contributed by atoms with van der Waals surface area (Å²) in [6.45, 7) is 6.31. The van der Waals surface area contributed by atoms with Crippen molar-refractivity contribution in [2.75, 3.05) is 7.05 Å². The zero-order chi connectivity index (χ0) is 14.0. The van der Waals surface area contributed by atoms with Crippen LogP contribution in [0, 0.1) is 6.92 Å². The Morgan fingerprint density at radius 3 is 2.74 bits per heavy atom. The van der Waals surface area contributed by atoms with Crippen LogP contribution in [-0.2, 0) is 6.54 Å². The second kappa shape index (κ2) is 5.26. The molecule has 0 bridgehead atoms. The quantitative estimate of drug-likeness (QED) is 0.915. The Kier molecular flexibility index (Phi) is 3.69. The molecule has 1 N–H and O–H groups in total. The van der Waals surface area contributed by atoms with Gasteiger partial charge in [0.25, 0.3) is 5.91 Å². The highest BCUT2D eigenvalue weighted by molar-refractivity contribution is 5.92. The topological polar surface area (TPSA) is 75.0 Å². The largest absolute Gasteiger partial charge is 0.361 e. The Morgan fingerprint density at radius 1 is 1.47 bits per heavy atom. The third kappa shape index (κ3) is 3.01. The second-order valence-electron chi connectivity index (χ2n) is 4.95. The van der Waals surface area contributed by atoms with E-state index >= 15 is 0 Å². The van der Waals surface area contributed by atoms with Crippen molar-refractivity contribution in [2.45, 2.75) is 33.2 Å². The Morgan fingerprint density at radius 2 is 2.21 bits per heavy atom. The van der Waals surface area contributed by atoms with E-state index in [1.54, 1.807) is 18.0 Å². The molecule has 102 valence electrons. The molecule has 0 spiro atoms. The van der Waals surface area contributed by atoms with Gasteiger partial charge in [0.1, 0.15) is 17.1 Å². The summed E-state index contributed by atoms with van der Waals surface area (Å²) < 4.78 is 4.98. The molecular formula is C13H18N4O2. The normalized spacial score (nSPS) is 11.0. The minimum Gasteiger partial charge on any atom is -0.361 e. The molecule has 0 atom stereocenters. The number of nitrogens with zero attached hydrogens (tertiary/aromatic N) is 3. The minimum atomic E-state index is -0.135. The summed E-state index contributed by atoms with van der Waals surface area (Å²) in [5.74, 6) is 0.916. The molecule has 0 fully saturated rings. The smallest absolute Gasteiger partial charge is 0.274 e. The van der Waals surface area contributed by atoms with Gasteiger partial charge in [-0.2, -0.15) is 5.10 Å². The first-order valence-electron chi connectivity index (χ1n) is 6.20. The molecule has 6 nitrogen and oxygen atoms in total. The van der Waals surface area contributed by atoms with Gasteiger partial charge in [0, 0.05) is 18.8 Å². The summed E-state index contributed by atoms with van der Waals surface area (Å²) in [6, 6.07) is 3.60. The lowest BCUT2D eigenvalue weighted by Crippen LogP contribution is -2.26. The number of rotatable bonds is 4. The van der Waals surface area contributed by atoms with Crippen LogP contribution in [0.4, 0.5) is 0 Å². The second-order valence-corrected chi connectivity index (χ2v) is 4.95. The molecular weight excluding hydrogens is 244 g/mol. The van der Waals surface area contributed by atoms with E-state index in [0.717, 1.165) is 17.1 Å². The Hall–Kier alpha value is -2.11. The maximum absolute atomic E-state index is 12.2. The summed E-state index contributed by atoms with van der Waals surface area (Å²) in [5.41, 5.74) is 2.11. The first-order valence-corrected chi connectivity index (χ1v) is 6.20. The van der Waals surface area contributed by atoms with Crippen molar-refractivity contribution < 1.29 is 9.32 Å². The predicted molar refractivity (Wildman–Crippen MR) is 69.7 cm³/mol. The SMILES string of the molecule is Cc1cc(CN(C)C(=O)c2cc(C(C)C)[nH]n2)no1. The molecule has 0 saturated heterocycles. The Labute approximate surface area is 111 Å². The van der Waals surface area contributed by atoms with Crippen molar-refractivity contribution in [3.63, 3.8) is 0 Å². The standard InChI is InChI=1S/C13H18N4O2/c1-8(2)11-6-12(15-14-11)13(18)17(4)7-10-5-9(3)19-16-10/h5-6,8H,7H2,1-4H3,(H,14,15). The van der Waals surface area contributed by atoms with Crippen LogP contribution in [0.25, 0.3) is 0 Å². The van der Waals surface area contributed by atoms with E-state index in [2.05, 4.69) is 15.4 Å².